The summed E-state index contributed by atoms with van der Waals surface area (Å²) in [4.78, 5) is 11.5. The van der Waals surface area contributed by atoms with Gasteiger partial charge in [-0.1, -0.05) is 0 Å². The van der Waals surface area contributed by atoms with E-state index in [2.05, 4.69) is 20.8 Å². The number of hydrogen-bond donors (Lipinski definition) is 1. The SMILES string of the molecule is O=C(CCn1cnnn1)Nc1ccc(F)cc1. The highest BCUT2D eigenvalue weighted by atomic mass is 19.1. The first-order chi connectivity index (χ1) is 8.24. The van der Waals surface area contributed by atoms with E-state index in [1.54, 1.807) is 0 Å². The Bertz CT molecular complexity index is 482. The van der Waals surface area contributed by atoms with Gasteiger partial charge in [-0.3, -0.25) is 4.79 Å². The third-order valence-corrected chi connectivity index (χ3v) is 2.09. The molecule has 0 saturated carbocycles. The van der Waals surface area contributed by atoms with Gasteiger partial charge in [-0.15, -0.1) is 5.10 Å². The Morgan fingerprint density at radius 1 is 1.35 bits per heavy atom. The van der Waals surface area contributed by atoms with Crippen molar-refractivity contribution in [3.63, 3.8) is 0 Å². The van der Waals surface area contributed by atoms with Gasteiger partial charge in [-0.2, -0.15) is 0 Å². The number of halogens is 1. The van der Waals surface area contributed by atoms with Crippen molar-refractivity contribution < 1.29 is 9.18 Å². The first-order valence-electron chi connectivity index (χ1n) is 5.00. The second kappa shape index (κ2) is 5.15. The predicted octanol–water partition coefficient (Wildman–Crippen LogP) is 0.841. The average molecular weight is 235 g/mol. The van der Waals surface area contributed by atoms with Crippen LogP contribution >= 0.6 is 0 Å². The summed E-state index contributed by atoms with van der Waals surface area (Å²) in [5.41, 5.74) is 0.563. The number of aryl methyl sites for hydroxylation is 1. The summed E-state index contributed by atoms with van der Waals surface area (Å²) in [6.45, 7) is 0.403. The Morgan fingerprint density at radius 2 is 2.12 bits per heavy atom. The van der Waals surface area contributed by atoms with Gasteiger partial charge < -0.3 is 5.32 Å². The van der Waals surface area contributed by atoms with E-state index >= 15 is 0 Å². The molecule has 0 spiro atoms. The summed E-state index contributed by atoms with van der Waals surface area (Å²) in [5, 5.41) is 13.2. The molecule has 1 aromatic heterocycles. The molecule has 0 fully saturated rings. The van der Waals surface area contributed by atoms with Crippen LogP contribution in [0, 0.1) is 5.82 Å². The Morgan fingerprint density at radius 3 is 2.76 bits per heavy atom. The van der Waals surface area contributed by atoms with Crippen molar-refractivity contribution in [1.82, 2.24) is 20.2 Å². The highest BCUT2D eigenvalue weighted by Crippen LogP contribution is 2.08. The van der Waals surface area contributed by atoms with Gasteiger partial charge in [-0.05, 0) is 34.7 Å². The molecule has 0 atom stereocenters. The molecule has 88 valence electrons. The summed E-state index contributed by atoms with van der Waals surface area (Å²) >= 11 is 0. The first kappa shape index (κ1) is 11.2. The number of amides is 1. The standard InChI is InChI=1S/C10H10FN5O/c11-8-1-3-9(4-2-8)13-10(17)5-6-16-7-12-14-15-16/h1-4,7H,5-6H2,(H,13,17). The summed E-state index contributed by atoms with van der Waals surface area (Å²) in [6.07, 6.45) is 1.69. The van der Waals surface area contributed by atoms with Crippen molar-refractivity contribution >= 4 is 11.6 Å². The van der Waals surface area contributed by atoms with Crippen LogP contribution < -0.4 is 5.32 Å². The Labute approximate surface area is 96.4 Å². The van der Waals surface area contributed by atoms with E-state index in [-0.39, 0.29) is 18.1 Å². The van der Waals surface area contributed by atoms with Crippen molar-refractivity contribution in [2.75, 3.05) is 5.32 Å². The third-order valence-electron chi connectivity index (χ3n) is 2.09. The van der Waals surface area contributed by atoms with E-state index < -0.39 is 0 Å². The number of nitrogens with zero attached hydrogens (tertiary/aromatic N) is 4. The Hall–Kier alpha value is -2.31. The third kappa shape index (κ3) is 3.33. The number of nitrogens with one attached hydrogen (secondary N) is 1. The average Bonchev–Trinajstić information content (AvgIpc) is 2.83. The van der Waals surface area contributed by atoms with Crippen LogP contribution in [0.25, 0.3) is 0 Å². The van der Waals surface area contributed by atoms with Crippen LogP contribution in [-0.4, -0.2) is 26.1 Å². The topological polar surface area (TPSA) is 72.7 Å². The molecule has 0 aliphatic rings. The molecule has 2 rings (SSSR count). The molecule has 7 heteroatoms. The number of benzene rings is 1. The van der Waals surface area contributed by atoms with Gasteiger partial charge in [0.2, 0.25) is 5.91 Å². The molecule has 1 aromatic carbocycles. The minimum Gasteiger partial charge on any atom is -0.326 e. The molecule has 0 aliphatic carbocycles. The highest BCUT2D eigenvalue weighted by Gasteiger charge is 2.03. The number of hydrogen-bond acceptors (Lipinski definition) is 4. The smallest absolute Gasteiger partial charge is 0.226 e. The lowest BCUT2D eigenvalue weighted by molar-refractivity contribution is -0.116. The van der Waals surface area contributed by atoms with E-state index in [1.165, 1.54) is 35.3 Å². The maximum atomic E-state index is 12.6. The summed E-state index contributed by atoms with van der Waals surface area (Å²) in [5.74, 6) is -0.510. The molecule has 17 heavy (non-hydrogen) atoms. The number of anilines is 1. The normalized spacial score (nSPS) is 10.2. The lowest BCUT2D eigenvalue weighted by Gasteiger charge is -2.04. The predicted molar refractivity (Wildman–Crippen MR) is 57.5 cm³/mol. The van der Waals surface area contributed by atoms with Gasteiger partial charge >= 0.3 is 0 Å². The molecule has 6 nitrogen and oxygen atoms in total. The van der Waals surface area contributed by atoms with Crippen LogP contribution in [0.1, 0.15) is 6.42 Å². The summed E-state index contributed by atoms with van der Waals surface area (Å²) < 4.78 is 14.1. The number of rotatable bonds is 4. The van der Waals surface area contributed by atoms with Crippen LogP contribution in [0.3, 0.4) is 0 Å². The van der Waals surface area contributed by atoms with E-state index in [0.717, 1.165) is 0 Å². The maximum Gasteiger partial charge on any atom is 0.226 e. The monoisotopic (exact) mass is 235 g/mol. The number of tetrazole rings is 1. The van der Waals surface area contributed by atoms with Gasteiger partial charge in [-0.25, -0.2) is 9.07 Å². The number of carbonyl (C=O) groups is 1. The van der Waals surface area contributed by atoms with Crippen molar-refractivity contribution in [3.8, 4) is 0 Å². The van der Waals surface area contributed by atoms with Crippen molar-refractivity contribution in [1.29, 1.82) is 0 Å². The quantitative estimate of drug-likeness (QED) is 0.852. The van der Waals surface area contributed by atoms with Crippen LogP contribution in [0.2, 0.25) is 0 Å². The van der Waals surface area contributed by atoms with E-state index in [1.807, 2.05) is 0 Å². The molecule has 0 aliphatic heterocycles. The maximum absolute atomic E-state index is 12.6. The zero-order valence-corrected chi connectivity index (χ0v) is 8.88. The van der Waals surface area contributed by atoms with Gasteiger partial charge in [0.05, 0.1) is 6.54 Å². The molecule has 1 amide bonds. The summed E-state index contributed by atoms with van der Waals surface area (Å²) in [6, 6.07) is 5.59. The molecular formula is C10H10FN5O. The van der Waals surface area contributed by atoms with E-state index in [9.17, 15) is 9.18 Å². The van der Waals surface area contributed by atoms with Crippen LogP contribution in [0.15, 0.2) is 30.6 Å². The molecular weight excluding hydrogens is 225 g/mol. The highest BCUT2D eigenvalue weighted by molar-refractivity contribution is 5.90. The first-order valence-corrected chi connectivity index (χ1v) is 5.00. The fourth-order valence-corrected chi connectivity index (χ4v) is 1.26. The second-order valence-electron chi connectivity index (χ2n) is 3.38. The van der Waals surface area contributed by atoms with Gasteiger partial charge in [0, 0.05) is 12.1 Å². The fraction of sp³-hybridized carbons (Fsp3) is 0.200. The minimum atomic E-state index is -0.336. The van der Waals surface area contributed by atoms with Crippen molar-refractivity contribution in [2.45, 2.75) is 13.0 Å². The molecule has 1 N–H and O–H groups in total. The van der Waals surface area contributed by atoms with Crippen molar-refractivity contribution in [3.05, 3.63) is 36.4 Å². The van der Waals surface area contributed by atoms with Crippen LogP contribution in [0.5, 0.6) is 0 Å². The molecule has 1 heterocycles. The minimum absolute atomic E-state index is 0.174. The van der Waals surface area contributed by atoms with Crippen LogP contribution in [0.4, 0.5) is 10.1 Å². The second-order valence-corrected chi connectivity index (χ2v) is 3.38. The molecule has 0 unspecified atom stereocenters. The van der Waals surface area contributed by atoms with Crippen molar-refractivity contribution in [2.24, 2.45) is 0 Å². The molecule has 0 saturated heterocycles. The molecule has 0 radical (unpaired) electrons. The number of aromatic nitrogens is 4. The van der Waals surface area contributed by atoms with Gasteiger partial charge in [0.1, 0.15) is 12.1 Å². The molecule has 0 bridgehead atoms. The Balaban J connectivity index is 1.83. The lowest BCUT2D eigenvalue weighted by atomic mass is 10.3. The lowest BCUT2D eigenvalue weighted by Crippen LogP contribution is -2.14. The van der Waals surface area contributed by atoms with Gasteiger partial charge in [0.15, 0.2) is 0 Å². The summed E-state index contributed by atoms with van der Waals surface area (Å²) in [7, 11) is 0. The van der Waals surface area contributed by atoms with E-state index in [0.29, 0.717) is 12.2 Å². The zero-order valence-electron chi connectivity index (χ0n) is 8.88. The Kier molecular flexibility index (Phi) is 3.39. The number of carbonyl (C=O) groups excluding carboxylic acids is 1. The molecule has 2 aromatic rings. The van der Waals surface area contributed by atoms with E-state index in [4.69, 9.17) is 0 Å². The van der Waals surface area contributed by atoms with Gasteiger partial charge in [0.25, 0.3) is 0 Å². The van der Waals surface area contributed by atoms with Crippen LogP contribution in [-0.2, 0) is 11.3 Å². The zero-order chi connectivity index (χ0) is 12.1. The fourth-order valence-electron chi connectivity index (χ4n) is 1.26. The largest absolute Gasteiger partial charge is 0.326 e.